The molecule has 0 aliphatic carbocycles. The SMILES string of the molecule is O=C(COC(=O)[C@H]1COc2ccccc2O1)Nc1ccc2c(c1)OC(F)(F)O2. The molecular weight excluding hydrogens is 380 g/mol. The minimum Gasteiger partial charge on any atom is -0.485 e. The second kappa shape index (κ2) is 6.87. The van der Waals surface area contributed by atoms with Crippen LogP contribution in [-0.2, 0) is 14.3 Å². The van der Waals surface area contributed by atoms with Gasteiger partial charge in [-0.25, -0.2) is 4.79 Å². The molecule has 0 radical (unpaired) electrons. The van der Waals surface area contributed by atoms with Gasteiger partial charge in [-0.05, 0) is 24.3 Å². The maximum Gasteiger partial charge on any atom is 0.586 e. The summed E-state index contributed by atoms with van der Waals surface area (Å²) in [5, 5.41) is 2.40. The van der Waals surface area contributed by atoms with Crippen LogP contribution in [0, 0.1) is 0 Å². The third kappa shape index (κ3) is 3.75. The highest BCUT2D eigenvalue weighted by Gasteiger charge is 2.43. The summed E-state index contributed by atoms with van der Waals surface area (Å²) in [6.07, 6.45) is -4.75. The Morgan fingerprint density at radius 2 is 1.82 bits per heavy atom. The van der Waals surface area contributed by atoms with Crippen LogP contribution in [0.3, 0.4) is 0 Å². The Hall–Kier alpha value is -3.56. The molecule has 0 bridgehead atoms. The summed E-state index contributed by atoms with van der Waals surface area (Å²) >= 11 is 0. The highest BCUT2D eigenvalue weighted by molar-refractivity contribution is 5.93. The van der Waals surface area contributed by atoms with Crippen molar-refractivity contribution in [3.8, 4) is 23.0 Å². The molecule has 146 valence electrons. The van der Waals surface area contributed by atoms with E-state index in [1.54, 1.807) is 24.3 Å². The lowest BCUT2D eigenvalue weighted by atomic mass is 10.2. The summed E-state index contributed by atoms with van der Waals surface area (Å²) in [5.74, 6) is -0.892. The van der Waals surface area contributed by atoms with Crippen LogP contribution in [-0.4, -0.2) is 37.5 Å². The van der Waals surface area contributed by atoms with Gasteiger partial charge in [0.1, 0.15) is 6.61 Å². The summed E-state index contributed by atoms with van der Waals surface area (Å²) in [6, 6.07) is 10.6. The number of hydrogen-bond donors (Lipinski definition) is 1. The van der Waals surface area contributed by atoms with Crippen molar-refractivity contribution >= 4 is 17.6 Å². The van der Waals surface area contributed by atoms with Crippen LogP contribution < -0.4 is 24.3 Å². The van der Waals surface area contributed by atoms with Gasteiger partial charge in [0.05, 0.1) is 0 Å². The summed E-state index contributed by atoms with van der Waals surface area (Å²) in [7, 11) is 0. The molecule has 0 spiro atoms. The van der Waals surface area contributed by atoms with Crippen LogP contribution in [0.25, 0.3) is 0 Å². The molecule has 4 rings (SSSR count). The fraction of sp³-hybridized carbons (Fsp3) is 0.222. The number of hydrogen-bond acceptors (Lipinski definition) is 7. The van der Waals surface area contributed by atoms with E-state index in [0.717, 1.165) is 0 Å². The van der Waals surface area contributed by atoms with Crippen molar-refractivity contribution in [2.24, 2.45) is 0 Å². The van der Waals surface area contributed by atoms with E-state index in [1.807, 2.05) is 0 Å². The van der Waals surface area contributed by atoms with Crippen molar-refractivity contribution in [1.29, 1.82) is 0 Å². The zero-order valence-corrected chi connectivity index (χ0v) is 14.1. The Labute approximate surface area is 156 Å². The molecule has 1 amide bonds. The molecule has 28 heavy (non-hydrogen) atoms. The number of nitrogens with one attached hydrogen (secondary N) is 1. The van der Waals surface area contributed by atoms with E-state index in [4.69, 9.17) is 14.2 Å². The Bertz CT molecular complexity index is 934. The van der Waals surface area contributed by atoms with Gasteiger partial charge in [-0.3, -0.25) is 4.79 Å². The van der Waals surface area contributed by atoms with Crippen LogP contribution in [0.4, 0.5) is 14.5 Å². The fourth-order valence-electron chi connectivity index (χ4n) is 2.59. The molecule has 1 atom stereocenters. The third-order valence-electron chi connectivity index (χ3n) is 3.80. The van der Waals surface area contributed by atoms with Crippen LogP contribution in [0.1, 0.15) is 0 Å². The van der Waals surface area contributed by atoms with Crippen molar-refractivity contribution in [2.75, 3.05) is 18.5 Å². The number of benzene rings is 2. The predicted octanol–water partition coefficient (Wildman–Crippen LogP) is 2.33. The highest BCUT2D eigenvalue weighted by atomic mass is 19.3. The fourth-order valence-corrected chi connectivity index (χ4v) is 2.59. The molecule has 0 fully saturated rings. The predicted molar refractivity (Wildman–Crippen MR) is 88.6 cm³/mol. The van der Waals surface area contributed by atoms with E-state index in [1.165, 1.54) is 18.2 Å². The van der Waals surface area contributed by atoms with Gasteiger partial charge in [-0.15, -0.1) is 8.78 Å². The topological polar surface area (TPSA) is 92.3 Å². The first-order valence-electron chi connectivity index (χ1n) is 8.14. The smallest absolute Gasteiger partial charge is 0.485 e. The molecule has 2 aliphatic rings. The number of rotatable bonds is 4. The van der Waals surface area contributed by atoms with Crippen molar-refractivity contribution < 1.29 is 42.1 Å². The van der Waals surface area contributed by atoms with E-state index < -0.39 is 30.9 Å². The second-order valence-electron chi connectivity index (χ2n) is 5.85. The number of halogens is 2. The first-order valence-corrected chi connectivity index (χ1v) is 8.14. The molecule has 2 aromatic rings. The monoisotopic (exact) mass is 393 g/mol. The van der Waals surface area contributed by atoms with E-state index in [-0.39, 0.29) is 23.8 Å². The molecule has 0 aromatic heterocycles. The molecule has 0 saturated heterocycles. The lowest BCUT2D eigenvalue weighted by molar-refractivity contribution is -0.286. The van der Waals surface area contributed by atoms with Gasteiger partial charge in [0.25, 0.3) is 5.91 Å². The highest BCUT2D eigenvalue weighted by Crippen LogP contribution is 2.42. The summed E-state index contributed by atoms with van der Waals surface area (Å²) in [5.41, 5.74) is 0.173. The number of ether oxygens (including phenoxy) is 5. The zero-order chi connectivity index (χ0) is 19.7. The van der Waals surface area contributed by atoms with Gasteiger partial charge >= 0.3 is 12.3 Å². The number of para-hydroxylation sites is 2. The third-order valence-corrected chi connectivity index (χ3v) is 3.80. The van der Waals surface area contributed by atoms with Gasteiger partial charge < -0.3 is 29.0 Å². The van der Waals surface area contributed by atoms with Gasteiger partial charge in [0, 0.05) is 11.8 Å². The Balaban J connectivity index is 1.29. The van der Waals surface area contributed by atoms with Crippen molar-refractivity contribution in [3.63, 3.8) is 0 Å². The van der Waals surface area contributed by atoms with E-state index in [9.17, 15) is 18.4 Å². The quantitative estimate of drug-likeness (QED) is 0.797. The molecule has 0 saturated carbocycles. The summed E-state index contributed by atoms with van der Waals surface area (Å²) in [6.45, 7) is -0.640. The normalized spacial score (nSPS) is 18.3. The first-order chi connectivity index (χ1) is 13.4. The molecule has 8 nitrogen and oxygen atoms in total. The average Bonchev–Trinajstić information content (AvgIpc) is 2.98. The molecule has 1 N–H and O–H groups in total. The lowest BCUT2D eigenvalue weighted by Crippen LogP contribution is -2.39. The molecule has 2 aliphatic heterocycles. The number of carbonyl (C=O) groups is 2. The van der Waals surface area contributed by atoms with Crippen LogP contribution >= 0.6 is 0 Å². The number of anilines is 1. The van der Waals surface area contributed by atoms with Gasteiger partial charge in [0.2, 0.25) is 6.10 Å². The number of carbonyl (C=O) groups excluding carboxylic acids is 2. The molecule has 0 unspecified atom stereocenters. The maximum atomic E-state index is 13.0. The minimum absolute atomic E-state index is 0.0478. The number of esters is 1. The van der Waals surface area contributed by atoms with E-state index in [2.05, 4.69) is 14.8 Å². The largest absolute Gasteiger partial charge is 0.586 e. The summed E-state index contributed by atoms with van der Waals surface area (Å²) < 4.78 is 50.4. The van der Waals surface area contributed by atoms with Crippen LogP contribution in [0.15, 0.2) is 42.5 Å². The number of alkyl halides is 2. The minimum atomic E-state index is -3.75. The van der Waals surface area contributed by atoms with Crippen molar-refractivity contribution in [3.05, 3.63) is 42.5 Å². The summed E-state index contributed by atoms with van der Waals surface area (Å²) in [4.78, 5) is 24.0. The molecule has 2 aromatic carbocycles. The average molecular weight is 393 g/mol. The van der Waals surface area contributed by atoms with E-state index >= 15 is 0 Å². The molecule has 10 heteroatoms. The van der Waals surface area contributed by atoms with Crippen molar-refractivity contribution in [1.82, 2.24) is 0 Å². The molecular formula is C18H13F2NO7. The van der Waals surface area contributed by atoms with Gasteiger partial charge in [-0.2, -0.15) is 0 Å². The van der Waals surface area contributed by atoms with Gasteiger partial charge in [-0.1, -0.05) is 12.1 Å². The standard InChI is InChI=1S/C18H13F2NO7/c19-18(20)27-13-6-5-10(7-14(13)28-18)21-16(22)9-25-17(23)15-8-24-11-3-1-2-4-12(11)26-15/h1-7,15H,8-9H2,(H,21,22)/t15-/m1/s1. The Kier molecular flexibility index (Phi) is 4.38. The van der Waals surface area contributed by atoms with Crippen LogP contribution in [0.2, 0.25) is 0 Å². The van der Waals surface area contributed by atoms with Gasteiger partial charge in [0.15, 0.2) is 29.6 Å². The van der Waals surface area contributed by atoms with Crippen LogP contribution in [0.5, 0.6) is 23.0 Å². The Morgan fingerprint density at radius 3 is 2.64 bits per heavy atom. The zero-order valence-electron chi connectivity index (χ0n) is 14.1. The van der Waals surface area contributed by atoms with E-state index in [0.29, 0.717) is 11.5 Å². The second-order valence-corrected chi connectivity index (χ2v) is 5.85. The van der Waals surface area contributed by atoms with Crippen molar-refractivity contribution in [2.45, 2.75) is 12.4 Å². The Morgan fingerprint density at radius 1 is 1.07 bits per heavy atom. The first kappa shape index (κ1) is 17.8. The number of fused-ring (bicyclic) bond motifs is 2. The lowest BCUT2D eigenvalue weighted by Gasteiger charge is -2.24. The maximum absolute atomic E-state index is 13.0. The molecule has 2 heterocycles. The number of amides is 1.